The van der Waals surface area contributed by atoms with Crippen molar-refractivity contribution < 1.29 is 32.6 Å². The van der Waals surface area contributed by atoms with Gasteiger partial charge in [0.25, 0.3) is 0 Å². The van der Waals surface area contributed by atoms with Gasteiger partial charge < -0.3 is 14.2 Å². The smallest absolute Gasteiger partial charge is 0.418 e. The van der Waals surface area contributed by atoms with Crippen LogP contribution in [0.3, 0.4) is 0 Å². The van der Waals surface area contributed by atoms with Gasteiger partial charge in [0.1, 0.15) is 36.6 Å². The standard InChI is InChI=1S/C26H38F2N2O5SSi/c1-24(2,3)35-23(32)30(17-34-10-11-37(5,6)7)22-29-26(15-27,21-13-25(21,36-22)16-33-4)19-12-18(14-31)8-9-20(19)28/h8-9,12,14,21H,10-11,13,15-17H2,1-7H3/t21?,25-,26-/m1/s1. The van der Waals surface area contributed by atoms with E-state index in [0.717, 1.165) is 12.1 Å². The highest BCUT2D eigenvalue weighted by Gasteiger charge is 2.69. The lowest BCUT2D eigenvalue weighted by molar-refractivity contribution is 0.0108. The number of benzene rings is 1. The molecule has 0 saturated heterocycles. The maximum atomic E-state index is 15.2. The average Bonchev–Trinajstić information content (AvgIpc) is 3.51. The van der Waals surface area contributed by atoms with Crippen molar-refractivity contribution in [3.63, 3.8) is 0 Å². The number of thioether (sulfide) groups is 1. The predicted molar refractivity (Wildman–Crippen MR) is 144 cm³/mol. The van der Waals surface area contributed by atoms with Gasteiger partial charge in [0.05, 0.1) is 11.4 Å². The van der Waals surface area contributed by atoms with Crippen LogP contribution in [0.15, 0.2) is 23.2 Å². The Labute approximate surface area is 223 Å². The van der Waals surface area contributed by atoms with Crippen LogP contribution in [0.2, 0.25) is 25.7 Å². The van der Waals surface area contributed by atoms with Gasteiger partial charge in [0.15, 0.2) is 5.17 Å². The summed E-state index contributed by atoms with van der Waals surface area (Å²) in [7, 11) is 0.167. The van der Waals surface area contributed by atoms with Crippen molar-refractivity contribution in [3.05, 3.63) is 35.1 Å². The second-order valence-corrected chi connectivity index (χ2v) is 18.9. The van der Waals surface area contributed by atoms with Gasteiger partial charge in [0.2, 0.25) is 0 Å². The Kier molecular flexibility index (Phi) is 8.93. The number of hydrogen-bond donors (Lipinski definition) is 0. The third kappa shape index (κ3) is 6.79. The Hall–Kier alpha value is -1.82. The van der Waals surface area contributed by atoms with Crippen molar-refractivity contribution in [1.82, 2.24) is 4.90 Å². The molecule has 206 valence electrons. The van der Waals surface area contributed by atoms with Crippen LogP contribution in [0.25, 0.3) is 0 Å². The molecule has 0 radical (unpaired) electrons. The molecule has 1 aromatic rings. The monoisotopic (exact) mass is 556 g/mol. The maximum absolute atomic E-state index is 15.2. The zero-order valence-electron chi connectivity index (χ0n) is 22.7. The van der Waals surface area contributed by atoms with E-state index >= 15 is 8.78 Å². The highest BCUT2D eigenvalue weighted by Crippen LogP contribution is 2.66. The van der Waals surface area contributed by atoms with Crippen LogP contribution in [0.5, 0.6) is 0 Å². The van der Waals surface area contributed by atoms with Crippen LogP contribution in [0, 0.1) is 11.7 Å². The molecule has 1 heterocycles. The summed E-state index contributed by atoms with van der Waals surface area (Å²) >= 11 is 1.31. The highest BCUT2D eigenvalue weighted by molar-refractivity contribution is 8.15. The first-order valence-corrected chi connectivity index (χ1v) is 16.9. The second-order valence-electron chi connectivity index (χ2n) is 11.9. The number of carbonyl (C=O) groups is 2. The molecule has 1 aliphatic heterocycles. The van der Waals surface area contributed by atoms with E-state index in [1.54, 1.807) is 27.9 Å². The molecule has 1 fully saturated rings. The minimum atomic E-state index is -1.62. The minimum absolute atomic E-state index is 0.0100. The van der Waals surface area contributed by atoms with Crippen molar-refractivity contribution in [3.8, 4) is 0 Å². The van der Waals surface area contributed by atoms with Crippen LogP contribution in [-0.4, -0.2) is 74.6 Å². The Morgan fingerprint density at radius 3 is 2.59 bits per heavy atom. The van der Waals surface area contributed by atoms with Gasteiger partial charge in [-0.25, -0.2) is 23.5 Å². The topological polar surface area (TPSA) is 77.4 Å². The lowest BCUT2D eigenvalue weighted by Gasteiger charge is -2.38. The number of carbonyl (C=O) groups excluding carboxylic acids is 2. The molecule has 1 unspecified atom stereocenters. The fourth-order valence-corrected chi connectivity index (χ4v) is 6.76. The highest BCUT2D eigenvalue weighted by atomic mass is 32.2. The van der Waals surface area contributed by atoms with Gasteiger partial charge in [0, 0.05) is 38.8 Å². The molecule has 7 nitrogen and oxygen atoms in total. The molecule has 37 heavy (non-hydrogen) atoms. The molecule has 0 aromatic heterocycles. The summed E-state index contributed by atoms with van der Waals surface area (Å²) < 4.78 is 46.7. The van der Waals surface area contributed by atoms with Gasteiger partial charge in [-0.2, -0.15) is 0 Å². The van der Waals surface area contributed by atoms with Gasteiger partial charge in [-0.1, -0.05) is 31.4 Å². The number of amides is 1. The number of amidine groups is 1. The molecule has 3 rings (SSSR count). The first-order chi connectivity index (χ1) is 17.2. The van der Waals surface area contributed by atoms with Crippen molar-refractivity contribution >= 4 is 37.4 Å². The van der Waals surface area contributed by atoms with Gasteiger partial charge >= 0.3 is 6.09 Å². The third-order valence-electron chi connectivity index (χ3n) is 6.44. The summed E-state index contributed by atoms with van der Waals surface area (Å²) in [5.74, 6) is -1.05. The Balaban J connectivity index is 2.07. The molecular formula is C26H38F2N2O5SSi. The Morgan fingerprint density at radius 1 is 1.32 bits per heavy atom. The molecule has 11 heteroatoms. The molecule has 0 spiro atoms. The number of rotatable bonds is 10. The van der Waals surface area contributed by atoms with E-state index in [1.807, 2.05) is 0 Å². The number of nitrogens with zero attached hydrogens (tertiary/aromatic N) is 2. The zero-order valence-corrected chi connectivity index (χ0v) is 24.5. The van der Waals surface area contributed by atoms with Crippen LogP contribution in [-0.2, 0) is 19.7 Å². The number of methoxy groups -OCH3 is 1. The summed E-state index contributed by atoms with van der Waals surface area (Å²) in [6.07, 6.45) is 0.408. The summed E-state index contributed by atoms with van der Waals surface area (Å²) in [6.45, 7) is 11.5. The number of fused-ring (bicyclic) bond motifs is 1. The van der Waals surface area contributed by atoms with Crippen LogP contribution >= 0.6 is 11.8 Å². The second kappa shape index (κ2) is 11.1. The molecule has 2 aliphatic rings. The summed E-state index contributed by atoms with van der Waals surface area (Å²) in [5.41, 5.74) is -2.21. The number of hydrogen-bond acceptors (Lipinski definition) is 7. The summed E-state index contributed by atoms with van der Waals surface area (Å²) in [6, 6.07) is 4.73. The lowest BCUT2D eigenvalue weighted by atomic mass is 9.84. The quantitative estimate of drug-likeness (QED) is 0.156. The van der Waals surface area contributed by atoms with Crippen LogP contribution < -0.4 is 0 Å². The Morgan fingerprint density at radius 2 is 2.03 bits per heavy atom. The molecule has 1 amide bonds. The number of aldehydes is 1. The molecule has 3 atom stereocenters. The van der Waals surface area contributed by atoms with E-state index in [0.29, 0.717) is 19.3 Å². The van der Waals surface area contributed by atoms with Crippen molar-refractivity contribution in [1.29, 1.82) is 0 Å². The first kappa shape index (κ1) is 29.7. The van der Waals surface area contributed by atoms with Gasteiger partial charge in [-0.05, 0) is 51.4 Å². The van der Waals surface area contributed by atoms with Crippen LogP contribution in [0.1, 0.15) is 43.1 Å². The van der Waals surface area contributed by atoms with Gasteiger partial charge in [-0.3, -0.25) is 4.79 Å². The first-order valence-electron chi connectivity index (χ1n) is 12.4. The normalized spacial score (nSPS) is 25.2. The van der Waals surface area contributed by atoms with E-state index in [9.17, 15) is 9.59 Å². The summed E-state index contributed by atoms with van der Waals surface area (Å²) in [4.78, 5) is 30.8. The molecule has 1 aromatic carbocycles. The van der Waals surface area contributed by atoms with Crippen molar-refractivity contribution in [2.24, 2.45) is 10.9 Å². The van der Waals surface area contributed by atoms with E-state index < -0.39 is 42.5 Å². The van der Waals surface area contributed by atoms with E-state index in [4.69, 9.17) is 19.2 Å². The van der Waals surface area contributed by atoms with Crippen molar-refractivity contribution in [2.45, 2.75) is 68.8 Å². The molecule has 1 saturated carbocycles. The van der Waals surface area contributed by atoms with E-state index in [2.05, 4.69) is 19.6 Å². The van der Waals surface area contributed by atoms with Crippen LogP contribution in [0.4, 0.5) is 13.6 Å². The third-order valence-corrected chi connectivity index (χ3v) is 9.61. The fourth-order valence-electron chi connectivity index (χ4n) is 4.43. The van der Waals surface area contributed by atoms with Gasteiger partial charge in [-0.15, -0.1) is 0 Å². The Bertz CT molecular complexity index is 1040. The van der Waals surface area contributed by atoms with E-state index in [-0.39, 0.29) is 35.6 Å². The predicted octanol–water partition coefficient (Wildman–Crippen LogP) is 5.86. The number of halogens is 2. The van der Waals surface area contributed by atoms with E-state index in [1.165, 1.54) is 28.8 Å². The fraction of sp³-hybridized carbons (Fsp3) is 0.654. The lowest BCUT2D eigenvalue weighted by Crippen LogP contribution is -2.47. The number of aliphatic imine (C=N–C) groups is 1. The number of alkyl halides is 1. The zero-order chi connectivity index (χ0) is 27.6. The minimum Gasteiger partial charge on any atom is -0.443 e. The maximum Gasteiger partial charge on any atom is 0.418 e. The SMILES string of the molecule is COC[C@]12CC1[C@@](CF)(c1cc(C=O)ccc1F)N=C(N(COCC[Si](C)(C)C)C(=O)OC(C)(C)C)S2. The average molecular weight is 557 g/mol. The number of ether oxygens (including phenoxy) is 3. The molecule has 0 bridgehead atoms. The summed E-state index contributed by atoms with van der Waals surface area (Å²) in [5, 5.41) is 0.182. The molecular weight excluding hydrogens is 518 g/mol. The largest absolute Gasteiger partial charge is 0.443 e. The molecule has 0 N–H and O–H groups in total. The van der Waals surface area contributed by atoms with Crippen molar-refractivity contribution in [2.75, 3.05) is 33.7 Å². The molecule has 1 aliphatic carbocycles.